The Morgan fingerprint density at radius 1 is 1.04 bits per heavy atom. The number of nitrogens with one attached hydrogen (secondary N) is 2. The largest absolute Gasteiger partial charge is 0.350 e. The molecule has 1 heterocycles. The number of benzene rings is 2. The van der Waals surface area contributed by atoms with Crippen LogP contribution in [0.5, 0.6) is 0 Å². The number of carbonyl (C=O) groups excluding carboxylic acids is 1. The van der Waals surface area contributed by atoms with E-state index in [4.69, 9.17) is 11.6 Å². The Morgan fingerprint density at radius 2 is 1.81 bits per heavy atom. The average Bonchev–Trinajstić information content (AvgIpc) is 2.67. The second-order valence-corrected chi connectivity index (χ2v) is 5.93. The van der Waals surface area contributed by atoms with Crippen molar-refractivity contribution < 1.29 is 9.18 Å². The number of halogens is 2. The summed E-state index contributed by atoms with van der Waals surface area (Å²) >= 11 is 6.08. The molecule has 0 bridgehead atoms. The van der Waals surface area contributed by atoms with Gasteiger partial charge in [-0.3, -0.25) is 4.79 Å². The Bertz CT molecular complexity index is 902. The molecule has 132 valence electrons. The summed E-state index contributed by atoms with van der Waals surface area (Å²) in [5.41, 5.74) is 1.95. The van der Waals surface area contributed by atoms with Crippen LogP contribution >= 0.6 is 11.6 Å². The molecular formula is C19H16ClFN4O. The Labute approximate surface area is 155 Å². The fraction of sp³-hybridized carbons (Fsp3) is 0.105. The highest BCUT2D eigenvalue weighted by molar-refractivity contribution is 6.31. The molecule has 0 aliphatic carbocycles. The molecule has 0 fully saturated rings. The number of anilines is 1. The first-order chi connectivity index (χ1) is 12.6. The predicted octanol–water partition coefficient (Wildman–Crippen LogP) is 3.81. The highest BCUT2D eigenvalue weighted by Gasteiger charge is 2.09. The molecule has 0 spiro atoms. The van der Waals surface area contributed by atoms with Crippen molar-refractivity contribution in [2.75, 3.05) is 5.32 Å². The van der Waals surface area contributed by atoms with Crippen LogP contribution in [0.25, 0.3) is 0 Å². The molecule has 0 aliphatic rings. The van der Waals surface area contributed by atoms with Crippen LogP contribution in [0.3, 0.4) is 0 Å². The number of rotatable bonds is 6. The SMILES string of the molecule is O=C(NCc1ccccc1Cl)c1ccnc(NCc2ccc(F)cc2)n1. The van der Waals surface area contributed by atoms with Crippen LogP contribution in [0, 0.1) is 5.82 Å². The summed E-state index contributed by atoms with van der Waals surface area (Å²) in [7, 11) is 0. The van der Waals surface area contributed by atoms with E-state index in [-0.39, 0.29) is 17.4 Å². The van der Waals surface area contributed by atoms with Crippen molar-refractivity contribution >= 4 is 23.5 Å². The zero-order valence-corrected chi connectivity index (χ0v) is 14.5. The molecular weight excluding hydrogens is 355 g/mol. The van der Waals surface area contributed by atoms with Gasteiger partial charge in [0.15, 0.2) is 0 Å². The predicted molar refractivity (Wildman–Crippen MR) is 98.4 cm³/mol. The normalized spacial score (nSPS) is 10.4. The van der Waals surface area contributed by atoms with Gasteiger partial charge >= 0.3 is 0 Å². The minimum atomic E-state index is -0.322. The number of nitrogens with zero attached hydrogens (tertiary/aromatic N) is 2. The lowest BCUT2D eigenvalue weighted by Crippen LogP contribution is -2.24. The molecule has 3 aromatic rings. The second-order valence-electron chi connectivity index (χ2n) is 5.52. The molecule has 2 N–H and O–H groups in total. The van der Waals surface area contributed by atoms with Crippen molar-refractivity contribution in [1.29, 1.82) is 0 Å². The molecule has 3 rings (SSSR count). The monoisotopic (exact) mass is 370 g/mol. The van der Waals surface area contributed by atoms with Gasteiger partial charge in [-0.2, -0.15) is 0 Å². The van der Waals surface area contributed by atoms with Gasteiger partial charge in [-0.25, -0.2) is 14.4 Å². The lowest BCUT2D eigenvalue weighted by Gasteiger charge is -2.08. The van der Waals surface area contributed by atoms with Crippen LogP contribution in [-0.4, -0.2) is 15.9 Å². The fourth-order valence-corrected chi connectivity index (χ4v) is 2.46. The molecule has 2 aromatic carbocycles. The third-order valence-electron chi connectivity index (χ3n) is 3.65. The van der Waals surface area contributed by atoms with Crippen molar-refractivity contribution in [2.24, 2.45) is 0 Å². The van der Waals surface area contributed by atoms with E-state index >= 15 is 0 Å². The van der Waals surface area contributed by atoms with E-state index in [2.05, 4.69) is 20.6 Å². The van der Waals surface area contributed by atoms with Gasteiger partial charge in [0.25, 0.3) is 5.91 Å². The zero-order chi connectivity index (χ0) is 18.4. The number of carbonyl (C=O) groups is 1. The van der Waals surface area contributed by atoms with Gasteiger partial charge in [-0.05, 0) is 35.4 Å². The third-order valence-corrected chi connectivity index (χ3v) is 4.02. The van der Waals surface area contributed by atoms with Gasteiger partial charge in [0.1, 0.15) is 11.5 Å². The summed E-state index contributed by atoms with van der Waals surface area (Å²) in [6.07, 6.45) is 1.50. The van der Waals surface area contributed by atoms with E-state index in [0.717, 1.165) is 11.1 Å². The van der Waals surface area contributed by atoms with Crippen LogP contribution in [0.2, 0.25) is 5.02 Å². The van der Waals surface area contributed by atoms with E-state index < -0.39 is 0 Å². The van der Waals surface area contributed by atoms with Crippen molar-refractivity contribution in [1.82, 2.24) is 15.3 Å². The van der Waals surface area contributed by atoms with Crippen molar-refractivity contribution in [3.8, 4) is 0 Å². The van der Waals surface area contributed by atoms with Gasteiger partial charge in [-0.15, -0.1) is 0 Å². The number of hydrogen-bond donors (Lipinski definition) is 2. The van der Waals surface area contributed by atoms with Gasteiger partial charge in [-0.1, -0.05) is 41.9 Å². The van der Waals surface area contributed by atoms with Gasteiger partial charge in [0, 0.05) is 24.3 Å². The molecule has 1 aromatic heterocycles. The van der Waals surface area contributed by atoms with Crippen molar-refractivity contribution in [3.63, 3.8) is 0 Å². The van der Waals surface area contributed by atoms with Crippen LogP contribution in [0.4, 0.5) is 10.3 Å². The topological polar surface area (TPSA) is 66.9 Å². The van der Waals surface area contributed by atoms with E-state index in [1.54, 1.807) is 18.2 Å². The van der Waals surface area contributed by atoms with Gasteiger partial charge < -0.3 is 10.6 Å². The van der Waals surface area contributed by atoms with Gasteiger partial charge in [0.2, 0.25) is 5.95 Å². The first-order valence-electron chi connectivity index (χ1n) is 7.95. The Kier molecular flexibility index (Phi) is 5.76. The smallest absolute Gasteiger partial charge is 0.270 e. The van der Waals surface area contributed by atoms with E-state index in [0.29, 0.717) is 24.1 Å². The summed E-state index contributed by atoms with van der Waals surface area (Å²) < 4.78 is 12.9. The standard InChI is InChI=1S/C19H16ClFN4O/c20-16-4-2-1-3-14(16)12-23-18(26)17-9-10-22-19(25-17)24-11-13-5-7-15(21)8-6-13/h1-10H,11-12H2,(H,23,26)(H,22,24,25). The first-order valence-corrected chi connectivity index (χ1v) is 8.32. The molecule has 0 atom stereocenters. The summed E-state index contributed by atoms with van der Waals surface area (Å²) in [5.74, 6) is -0.293. The molecule has 0 saturated heterocycles. The van der Waals surface area contributed by atoms with Crippen LogP contribution < -0.4 is 10.6 Å². The zero-order valence-electron chi connectivity index (χ0n) is 13.7. The van der Waals surface area contributed by atoms with Crippen molar-refractivity contribution in [3.05, 3.63) is 88.5 Å². The third kappa shape index (κ3) is 4.77. The van der Waals surface area contributed by atoms with Crippen molar-refractivity contribution in [2.45, 2.75) is 13.1 Å². The molecule has 5 nitrogen and oxygen atoms in total. The second kappa shape index (κ2) is 8.40. The Hall–Kier alpha value is -2.99. The quantitative estimate of drug-likeness (QED) is 0.692. The van der Waals surface area contributed by atoms with E-state index in [1.807, 2.05) is 18.2 Å². The molecule has 0 aliphatic heterocycles. The summed E-state index contributed by atoms with van der Waals surface area (Å²) in [6, 6.07) is 14.9. The summed E-state index contributed by atoms with van der Waals surface area (Å²) in [5, 5.41) is 6.39. The number of aromatic nitrogens is 2. The summed E-state index contributed by atoms with van der Waals surface area (Å²) in [4.78, 5) is 20.6. The lowest BCUT2D eigenvalue weighted by molar-refractivity contribution is 0.0946. The maximum absolute atomic E-state index is 12.9. The fourth-order valence-electron chi connectivity index (χ4n) is 2.26. The summed E-state index contributed by atoms with van der Waals surface area (Å²) in [6.45, 7) is 0.728. The Balaban J connectivity index is 1.60. The Morgan fingerprint density at radius 3 is 2.58 bits per heavy atom. The number of amides is 1. The minimum Gasteiger partial charge on any atom is -0.350 e. The number of hydrogen-bond acceptors (Lipinski definition) is 4. The molecule has 0 unspecified atom stereocenters. The maximum Gasteiger partial charge on any atom is 0.270 e. The van der Waals surface area contributed by atoms with Crippen LogP contribution in [0.1, 0.15) is 21.6 Å². The minimum absolute atomic E-state index is 0.244. The van der Waals surface area contributed by atoms with Crippen LogP contribution in [0.15, 0.2) is 60.8 Å². The molecule has 1 amide bonds. The molecule has 0 saturated carbocycles. The molecule has 26 heavy (non-hydrogen) atoms. The maximum atomic E-state index is 12.9. The lowest BCUT2D eigenvalue weighted by atomic mass is 10.2. The van der Waals surface area contributed by atoms with Gasteiger partial charge in [0.05, 0.1) is 0 Å². The highest BCUT2D eigenvalue weighted by Crippen LogP contribution is 2.14. The first kappa shape index (κ1) is 17.8. The molecule has 0 radical (unpaired) electrons. The van der Waals surface area contributed by atoms with E-state index in [1.165, 1.54) is 24.4 Å². The average molecular weight is 371 g/mol. The van der Waals surface area contributed by atoms with Crippen LogP contribution in [-0.2, 0) is 13.1 Å². The molecule has 7 heteroatoms. The highest BCUT2D eigenvalue weighted by atomic mass is 35.5. The van der Waals surface area contributed by atoms with E-state index in [9.17, 15) is 9.18 Å².